The second kappa shape index (κ2) is 6.65. The summed E-state index contributed by atoms with van der Waals surface area (Å²) in [6.45, 7) is 0.149. The molecule has 1 saturated heterocycles. The zero-order valence-electron chi connectivity index (χ0n) is 11.0. The number of ether oxygens (including phenoxy) is 1. The van der Waals surface area contributed by atoms with Crippen molar-refractivity contribution >= 4 is 5.82 Å². The van der Waals surface area contributed by atoms with Crippen LogP contribution in [0.25, 0.3) is 0 Å². The molecule has 0 saturated carbocycles. The average molecular weight is 271 g/mol. The highest BCUT2D eigenvalue weighted by molar-refractivity contribution is 5.41. The summed E-state index contributed by atoms with van der Waals surface area (Å²) in [6, 6.07) is 3.27. The van der Waals surface area contributed by atoms with E-state index in [0.29, 0.717) is 5.92 Å². The lowest BCUT2D eigenvalue weighted by molar-refractivity contribution is -0.0500. The fraction of sp³-hybridized carbons (Fsp3) is 0.615. The lowest BCUT2D eigenvalue weighted by Crippen LogP contribution is -2.37. The molecular weight excluding hydrogens is 252 g/mol. The molecule has 106 valence electrons. The van der Waals surface area contributed by atoms with Crippen LogP contribution < -0.4 is 15.0 Å². The van der Waals surface area contributed by atoms with Crippen molar-refractivity contribution in [1.29, 1.82) is 0 Å². The first kappa shape index (κ1) is 14.0. The average Bonchev–Trinajstić information content (AvgIpc) is 2.40. The van der Waals surface area contributed by atoms with Gasteiger partial charge in [-0.25, -0.2) is 4.98 Å². The van der Waals surface area contributed by atoms with Gasteiger partial charge in [-0.05, 0) is 44.5 Å². The molecule has 1 aliphatic heterocycles. The third-order valence-corrected chi connectivity index (χ3v) is 3.38. The monoisotopic (exact) mass is 271 g/mol. The Balaban J connectivity index is 1.89. The molecule has 6 heteroatoms. The van der Waals surface area contributed by atoms with Crippen LogP contribution in [0, 0.1) is 5.92 Å². The van der Waals surface area contributed by atoms with Gasteiger partial charge >= 0.3 is 6.61 Å². The van der Waals surface area contributed by atoms with Crippen molar-refractivity contribution in [1.82, 2.24) is 10.3 Å². The summed E-state index contributed by atoms with van der Waals surface area (Å²) in [4.78, 5) is 6.36. The summed E-state index contributed by atoms with van der Waals surface area (Å²) in [5.41, 5.74) is 0. The number of piperidine rings is 1. The summed E-state index contributed by atoms with van der Waals surface area (Å²) >= 11 is 0. The fourth-order valence-corrected chi connectivity index (χ4v) is 2.39. The predicted octanol–water partition coefficient (Wildman–Crippen LogP) is 2.12. The highest BCUT2D eigenvalue weighted by Gasteiger charge is 2.19. The lowest BCUT2D eigenvalue weighted by atomic mass is 9.97. The van der Waals surface area contributed by atoms with Crippen LogP contribution in [-0.2, 0) is 0 Å². The molecule has 1 fully saturated rings. The molecule has 0 unspecified atom stereocenters. The highest BCUT2D eigenvalue weighted by atomic mass is 19.3. The van der Waals surface area contributed by atoms with Gasteiger partial charge in [-0.15, -0.1) is 0 Å². The molecule has 2 heterocycles. The van der Waals surface area contributed by atoms with Gasteiger partial charge in [0.05, 0.1) is 6.20 Å². The SMILES string of the molecule is CNCC1CCN(c2ccc(OC(F)F)cn2)CC1. The van der Waals surface area contributed by atoms with Gasteiger partial charge in [-0.1, -0.05) is 0 Å². The van der Waals surface area contributed by atoms with E-state index in [-0.39, 0.29) is 5.75 Å². The van der Waals surface area contributed by atoms with Gasteiger partial charge in [-0.2, -0.15) is 8.78 Å². The second-order valence-electron chi connectivity index (χ2n) is 4.72. The maximum Gasteiger partial charge on any atom is 0.387 e. The third-order valence-electron chi connectivity index (χ3n) is 3.38. The van der Waals surface area contributed by atoms with Crippen molar-refractivity contribution in [2.75, 3.05) is 31.6 Å². The first-order valence-electron chi connectivity index (χ1n) is 6.49. The lowest BCUT2D eigenvalue weighted by Gasteiger charge is -2.32. The fourth-order valence-electron chi connectivity index (χ4n) is 2.39. The van der Waals surface area contributed by atoms with Crippen LogP contribution in [0.2, 0.25) is 0 Å². The Bertz CT molecular complexity index is 378. The number of halogens is 2. The Kier molecular flexibility index (Phi) is 4.90. The molecule has 0 bridgehead atoms. The number of nitrogens with zero attached hydrogens (tertiary/aromatic N) is 2. The number of anilines is 1. The van der Waals surface area contributed by atoms with E-state index in [4.69, 9.17) is 0 Å². The number of nitrogens with one attached hydrogen (secondary N) is 1. The van der Waals surface area contributed by atoms with Crippen LogP contribution in [0.15, 0.2) is 18.3 Å². The van der Waals surface area contributed by atoms with Gasteiger partial charge in [0.25, 0.3) is 0 Å². The Morgan fingerprint density at radius 3 is 2.68 bits per heavy atom. The Morgan fingerprint density at radius 1 is 1.42 bits per heavy atom. The molecule has 0 radical (unpaired) electrons. The molecule has 1 aromatic rings. The molecular formula is C13H19F2N3O. The molecule has 1 N–H and O–H groups in total. The van der Waals surface area contributed by atoms with Gasteiger partial charge in [0.1, 0.15) is 11.6 Å². The van der Waals surface area contributed by atoms with E-state index in [1.807, 2.05) is 7.05 Å². The molecule has 0 aliphatic carbocycles. The molecule has 4 nitrogen and oxygen atoms in total. The van der Waals surface area contributed by atoms with E-state index in [0.717, 1.165) is 38.3 Å². The van der Waals surface area contributed by atoms with Gasteiger partial charge < -0.3 is 15.0 Å². The molecule has 1 aliphatic rings. The summed E-state index contributed by atoms with van der Waals surface area (Å²) < 4.78 is 28.3. The number of alkyl halides is 2. The van der Waals surface area contributed by atoms with Gasteiger partial charge in [0.2, 0.25) is 0 Å². The summed E-state index contributed by atoms with van der Waals surface area (Å²) in [6.07, 6.45) is 3.59. The zero-order valence-corrected chi connectivity index (χ0v) is 11.0. The zero-order chi connectivity index (χ0) is 13.7. The van der Waals surface area contributed by atoms with Crippen molar-refractivity contribution in [2.24, 2.45) is 5.92 Å². The Labute approximate surface area is 111 Å². The van der Waals surface area contributed by atoms with Crippen LogP contribution in [0.3, 0.4) is 0 Å². The standard InChI is InChI=1S/C13H19F2N3O/c1-16-8-10-4-6-18(7-5-10)12-3-2-11(9-17-12)19-13(14)15/h2-3,9-10,13,16H,4-8H2,1H3. The molecule has 1 aromatic heterocycles. The molecule has 0 atom stereocenters. The molecule has 2 rings (SSSR count). The van der Waals surface area contributed by atoms with E-state index >= 15 is 0 Å². The van der Waals surface area contributed by atoms with Crippen LogP contribution in [0.1, 0.15) is 12.8 Å². The number of pyridine rings is 1. The number of rotatable bonds is 5. The minimum absolute atomic E-state index is 0.101. The largest absolute Gasteiger partial charge is 0.433 e. The minimum Gasteiger partial charge on any atom is -0.433 e. The molecule has 0 aromatic carbocycles. The predicted molar refractivity (Wildman–Crippen MR) is 69.7 cm³/mol. The van der Waals surface area contributed by atoms with E-state index in [9.17, 15) is 8.78 Å². The Hall–Kier alpha value is -1.43. The van der Waals surface area contributed by atoms with Crippen molar-refractivity contribution in [2.45, 2.75) is 19.5 Å². The maximum atomic E-state index is 12.0. The van der Waals surface area contributed by atoms with E-state index in [1.54, 1.807) is 6.07 Å². The highest BCUT2D eigenvalue weighted by Crippen LogP contribution is 2.23. The second-order valence-corrected chi connectivity index (χ2v) is 4.72. The number of hydrogen-bond donors (Lipinski definition) is 1. The van der Waals surface area contributed by atoms with Gasteiger partial charge in [0, 0.05) is 13.1 Å². The van der Waals surface area contributed by atoms with Crippen molar-refractivity contribution in [3.63, 3.8) is 0 Å². The van der Waals surface area contributed by atoms with E-state index < -0.39 is 6.61 Å². The first-order valence-corrected chi connectivity index (χ1v) is 6.49. The first-order chi connectivity index (χ1) is 9.19. The van der Waals surface area contributed by atoms with Crippen molar-refractivity contribution in [3.8, 4) is 5.75 Å². The number of hydrogen-bond acceptors (Lipinski definition) is 4. The minimum atomic E-state index is -2.80. The van der Waals surface area contributed by atoms with Gasteiger partial charge in [0.15, 0.2) is 0 Å². The summed E-state index contributed by atoms with van der Waals surface area (Å²) in [5.74, 6) is 1.64. The smallest absolute Gasteiger partial charge is 0.387 e. The molecule has 0 amide bonds. The van der Waals surface area contributed by atoms with Crippen molar-refractivity contribution < 1.29 is 13.5 Å². The summed E-state index contributed by atoms with van der Waals surface area (Å²) in [5, 5.41) is 3.20. The van der Waals surface area contributed by atoms with Crippen LogP contribution in [0.4, 0.5) is 14.6 Å². The van der Waals surface area contributed by atoms with Crippen molar-refractivity contribution in [3.05, 3.63) is 18.3 Å². The third kappa shape index (κ3) is 4.02. The number of aromatic nitrogens is 1. The quantitative estimate of drug-likeness (QED) is 0.890. The van der Waals surface area contributed by atoms with Crippen LogP contribution in [-0.4, -0.2) is 38.3 Å². The van der Waals surface area contributed by atoms with Crippen LogP contribution in [0.5, 0.6) is 5.75 Å². The topological polar surface area (TPSA) is 37.4 Å². The molecule has 0 spiro atoms. The van der Waals surface area contributed by atoms with E-state index in [2.05, 4.69) is 19.9 Å². The Morgan fingerprint density at radius 2 is 2.16 bits per heavy atom. The summed E-state index contributed by atoms with van der Waals surface area (Å²) in [7, 11) is 1.97. The maximum absolute atomic E-state index is 12.0. The van der Waals surface area contributed by atoms with Gasteiger partial charge in [-0.3, -0.25) is 0 Å². The van der Waals surface area contributed by atoms with E-state index in [1.165, 1.54) is 12.3 Å². The molecule has 19 heavy (non-hydrogen) atoms. The van der Waals surface area contributed by atoms with Crippen LogP contribution >= 0.6 is 0 Å². The normalized spacial score (nSPS) is 16.9.